The van der Waals surface area contributed by atoms with Gasteiger partial charge in [-0.2, -0.15) is 11.8 Å². The van der Waals surface area contributed by atoms with Crippen molar-refractivity contribution < 1.29 is 62.6 Å². The number of aliphatic carboxylic acids is 1. The number of carbonyl (C=O) groups excluding carboxylic acids is 11. The molecule has 4 rings (SSSR count). The molecular weight excluding hydrogens is 1110 g/mol. The van der Waals surface area contributed by atoms with Crippen LogP contribution >= 0.6 is 11.8 Å². The number of nitrogens with one attached hydrogen (secondary N) is 9. The lowest BCUT2D eigenvalue weighted by Crippen LogP contribution is -2.60. The molecule has 2 aliphatic rings. The van der Waals surface area contributed by atoms with Gasteiger partial charge >= 0.3 is 5.97 Å². The number of benzene rings is 2. The summed E-state index contributed by atoms with van der Waals surface area (Å²) < 4.78 is 0. The maximum absolute atomic E-state index is 14.6. The largest absolute Gasteiger partial charge is 0.480 e. The van der Waals surface area contributed by atoms with Gasteiger partial charge in [0.05, 0.1) is 12.6 Å². The quantitative estimate of drug-likeness (QED) is 0.0334. The van der Waals surface area contributed by atoms with Crippen molar-refractivity contribution in [1.29, 1.82) is 0 Å². The van der Waals surface area contributed by atoms with Gasteiger partial charge in [-0.25, -0.2) is 4.79 Å². The molecule has 0 radical (unpaired) electrons. The van der Waals surface area contributed by atoms with Gasteiger partial charge in [0.25, 0.3) is 0 Å². The molecule has 16 N–H and O–H groups in total. The van der Waals surface area contributed by atoms with Crippen molar-refractivity contribution in [2.75, 3.05) is 38.2 Å². The number of thioether (sulfide) groups is 1. The summed E-state index contributed by atoms with van der Waals surface area (Å²) in [5.74, 6) is -9.33. The lowest BCUT2D eigenvalue weighted by molar-refractivity contribution is -0.142. The number of unbranched alkanes of at least 4 members (excludes halogenated alkanes) is 1. The average Bonchev–Trinajstić information content (AvgIpc) is 4.37. The normalized spacial score (nSPS) is 17.2. The van der Waals surface area contributed by atoms with Crippen LogP contribution in [0.1, 0.15) is 108 Å². The van der Waals surface area contributed by atoms with Crippen molar-refractivity contribution in [3.63, 3.8) is 0 Å². The molecule has 2 aromatic carbocycles. The Hall–Kier alpha value is -7.65. The molecule has 0 spiro atoms. The van der Waals surface area contributed by atoms with Crippen LogP contribution in [-0.4, -0.2) is 174 Å². The van der Waals surface area contributed by atoms with Gasteiger partial charge in [-0.1, -0.05) is 74.5 Å². The third-order valence-corrected chi connectivity index (χ3v) is 14.9. The van der Waals surface area contributed by atoms with E-state index >= 15 is 0 Å². The van der Waals surface area contributed by atoms with E-state index in [0.717, 1.165) is 6.42 Å². The number of hydrogen-bond donors (Lipinski definition) is 13. The van der Waals surface area contributed by atoms with Crippen LogP contribution < -0.4 is 65.1 Å². The lowest BCUT2D eigenvalue weighted by atomic mass is 10.0. The van der Waals surface area contributed by atoms with E-state index in [9.17, 15) is 62.6 Å². The van der Waals surface area contributed by atoms with Gasteiger partial charge in [0.1, 0.15) is 48.3 Å². The molecule has 2 aromatic rings. The number of carboxylic acid groups (broad SMARTS) is 1. The van der Waals surface area contributed by atoms with E-state index in [1.807, 2.05) is 13.8 Å². The van der Waals surface area contributed by atoms with Gasteiger partial charge in [0.2, 0.25) is 65.0 Å². The van der Waals surface area contributed by atoms with Crippen LogP contribution in [0, 0.1) is 5.92 Å². The standard InChI is InChI=1S/C57H85N13O13S/c1-34(2)30-42(53(78)67-41(57(82)83)25-29-84-3)63-48(73)33-62-49(74)43(31-35-14-6-4-7-15-35)68-54(79)44(32-36-16-8-5-9-17-36)69-52(77)38(21-23-46(59)71)64-51(76)39(22-24-47(60)72)65-55(80)45-20-13-28-70(45)56(81)40(18-10-11-26-58)66-50(75)37-19-12-27-61-37/h4-9,14-17,34,37-45,61H,10-13,18-33,58H2,1-3H3,(H2,59,71)(H2,60,72)(H,62,74)(H,63,73)(H,64,76)(H,65,80)(H,66,75)(H,67,78)(H,68,79)(H,69,77)(H,82,83)/t37-,38-,39-,40-,41-,42-,43-,44-,45-/m0/s1. The molecule has 2 fully saturated rings. The molecule has 26 nitrogen and oxygen atoms in total. The van der Waals surface area contributed by atoms with Crippen LogP contribution in [-0.2, 0) is 70.4 Å². The van der Waals surface area contributed by atoms with E-state index < -0.39 is 145 Å². The number of nitrogens with zero attached hydrogens (tertiary/aromatic N) is 1. The average molecular weight is 1190 g/mol. The van der Waals surface area contributed by atoms with Crippen LogP contribution in [0.4, 0.5) is 0 Å². The molecule has 9 atom stereocenters. The Bertz CT molecular complexity index is 2560. The highest BCUT2D eigenvalue weighted by Gasteiger charge is 2.40. The van der Waals surface area contributed by atoms with Gasteiger partial charge in [-0.3, -0.25) is 52.7 Å². The number of nitrogens with two attached hydrogens (primary N) is 3. The van der Waals surface area contributed by atoms with E-state index in [-0.39, 0.29) is 63.3 Å². The molecule has 0 aliphatic carbocycles. The van der Waals surface area contributed by atoms with E-state index in [0.29, 0.717) is 55.7 Å². The molecule has 27 heteroatoms. The van der Waals surface area contributed by atoms with E-state index in [4.69, 9.17) is 17.2 Å². The molecule has 2 saturated heterocycles. The summed E-state index contributed by atoms with van der Waals surface area (Å²) in [4.78, 5) is 163. The Kier molecular flexibility index (Phi) is 29.6. The van der Waals surface area contributed by atoms with Crippen LogP contribution in [0.15, 0.2) is 60.7 Å². The summed E-state index contributed by atoms with van der Waals surface area (Å²) in [5.41, 5.74) is 17.9. The molecule has 84 heavy (non-hydrogen) atoms. The summed E-state index contributed by atoms with van der Waals surface area (Å²) in [6.45, 7) is 4.15. The number of carbonyl (C=O) groups is 12. The van der Waals surface area contributed by atoms with Gasteiger partial charge in [0.15, 0.2) is 0 Å². The predicted octanol–water partition coefficient (Wildman–Crippen LogP) is -1.73. The van der Waals surface area contributed by atoms with Crippen LogP contribution in [0.2, 0.25) is 0 Å². The van der Waals surface area contributed by atoms with Crippen molar-refractivity contribution in [3.05, 3.63) is 71.8 Å². The zero-order valence-corrected chi connectivity index (χ0v) is 48.9. The fourth-order valence-corrected chi connectivity index (χ4v) is 10.2. The first-order valence-corrected chi connectivity index (χ1v) is 30.0. The molecule has 0 aromatic heterocycles. The Labute approximate surface area is 493 Å². The smallest absolute Gasteiger partial charge is 0.326 e. The maximum Gasteiger partial charge on any atom is 0.326 e. The molecule has 2 heterocycles. The summed E-state index contributed by atoms with van der Waals surface area (Å²) in [5, 5.41) is 33.8. The fourth-order valence-electron chi connectivity index (χ4n) is 9.75. The molecule has 0 bridgehead atoms. The SMILES string of the molecule is CSCC[C@H](NC(=O)[C@H](CC(C)C)NC(=O)CNC(=O)[C@H](Cc1ccccc1)NC(=O)[C@H](Cc1ccccc1)NC(=O)[C@H](CCC(N)=O)NC(=O)[C@H](CCC(N)=O)NC(=O)[C@@H]1CCCN1C(=O)[C@H](CCCCN)NC(=O)[C@@H]1CCCN1)C(=O)O. The van der Waals surface area contributed by atoms with Crippen molar-refractivity contribution >= 4 is 82.7 Å². The van der Waals surface area contributed by atoms with Crippen molar-refractivity contribution in [1.82, 2.24) is 52.8 Å². The summed E-state index contributed by atoms with van der Waals surface area (Å²) in [7, 11) is 0. The van der Waals surface area contributed by atoms with Gasteiger partial charge in [-0.05, 0) is 113 Å². The first kappa shape index (κ1) is 68.8. The minimum Gasteiger partial charge on any atom is -0.480 e. The zero-order valence-electron chi connectivity index (χ0n) is 48.1. The van der Waals surface area contributed by atoms with Crippen LogP contribution in [0.5, 0.6) is 0 Å². The van der Waals surface area contributed by atoms with Gasteiger partial charge in [-0.15, -0.1) is 0 Å². The highest BCUT2D eigenvalue weighted by atomic mass is 32.2. The highest BCUT2D eigenvalue weighted by molar-refractivity contribution is 7.98. The Morgan fingerprint density at radius 1 is 0.607 bits per heavy atom. The van der Waals surface area contributed by atoms with E-state index in [2.05, 4.69) is 47.9 Å². The number of amides is 11. The zero-order chi connectivity index (χ0) is 61.7. The van der Waals surface area contributed by atoms with E-state index in [1.54, 1.807) is 66.9 Å². The fraction of sp³-hybridized carbons (Fsp3) is 0.579. The number of carboxylic acids is 1. The third-order valence-electron chi connectivity index (χ3n) is 14.2. The Morgan fingerprint density at radius 3 is 1.65 bits per heavy atom. The monoisotopic (exact) mass is 1190 g/mol. The molecule has 11 amide bonds. The summed E-state index contributed by atoms with van der Waals surface area (Å²) in [6, 6.07) is 6.18. The molecule has 0 unspecified atom stereocenters. The van der Waals surface area contributed by atoms with Crippen molar-refractivity contribution in [2.45, 2.75) is 165 Å². The predicted molar refractivity (Wildman–Crippen MR) is 312 cm³/mol. The summed E-state index contributed by atoms with van der Waals surface area (Å²) in [6.07, 6.45) is 3.57. The van der Waals surface area contributed by atoms with E-state index in [1.165, 1.54) is 16.7 Å². The van der Waals surface area contributed by atoms with Crippen LogP contribution in [0.3, 0.4) is 0 Å². The molecule has 462 valence electrons. The first-order chi connectivity index (χ1) is 40.1. The minimum absolute atomic E-state index is 0.108. The Morgan fingerprint density at radius 2 is 1.13 bits per heavy atom. The topological polar surface area (TPSA) is 415 Å². The molecule has 2 aliphatic heterocycles. The highest BCUT2D eigenvalue weighted by Crippen LogP contribution is 2.21. The second-order valence-electron chi connectivity index (χ2n) is 21.5. The van der Waals surface area contributed by atoms with Crippen LogP contribution in [0.25, 0.3) is 0 Å². The number of primary amides is 2. The number of likely N-dealkylation sites (tertiary alicyclic amines) is 1. The van der Waals surface area contributed by atoms with Gasteiger partial charge < -0.3 is 75.1 Å². The van der Waals surface area contributed by atoms with Crippen molar-refractivity contribution in [2.24, 2.45) is 23.1 Å². The second kappa shape index (κ2) is 36.1. The minimum atomic E-state index is -1.60. The molecular formula is C57H85N13O13S. The van der Waals surface area contributed by atoms with Gasteiger partial charge in [0, 0.05) is 32.2 Å². The Balaban J connectivity index is 1.56. The van der Waals surface area contributed by atoms with Crippen molar-refractivity contribution in [3.8, 4) is 0 Å². The maximum atomic E-state index is 14.6. The number of hydrogen-bond acceptors (Lipinski definition) is 15. The second-order valence-corrected chi connectivity index (χ2v) is 22.5. The third kappa shape index (κ3) is 23.9. The molecule has 0 saturated carbocycles. The summed E-state index contributed by atoms with van der Waals surface area (Å²) >= 11 is 1.41. The first-order valence-electron chi connectivity index (χ1n) is 28.6. The number of rotatable bonds is 37. The lowest BCUT2D eigenvalue weighted by Gasteiger charge is -2.30.